The van der Waals surface area contributed by atoms with Gasteiger partial charge in [0.05, 0.1) is 18.8 Å². The van der Waals surface area contributed by atoms with E-state index < -0.39 is 5.97 Å². The molecule has 0 amide bonds. The summed E-state index contributed by atoms with van der Waals surface area (Å²) in [5.41, 5.74) is 4.47. The standard InChI is InChI=1S/C27H34O6/c1-3-19-13-21-14-22(15-23(27(28)29)12-18-6-4-7-18)26(20-8-11-31-17-20)33-25(21)16-24(19)32-10-5-9-30-2/h12-16,20,26H,3-11,17H2,1-2H3,(H,28,29)/b23-15+. The van der Waals surface area contributed by atoms with Crippen LogP contribution in [0.1, 0.15) is 50.2 Å². The molecular weight excluding hydrogens is 420 g/mol. The fourth-order valence-electron chi connectivity index (χ4n) is 4.48. The number of carboxylic acids is 1. The molecule has 1 aromatic carbocycles. The molecule has 1 saturated heterocycles. The smallest absolute Gasteiger partial charge is 0.335 e. The van der Waals surface area contributed by atoms with Gasteiger partial charge in [0.25, 0.3) is 0 Å². The Balaban J connectivity index is 1.68. The Bertz CT molecular complexity index is 946. The number of fused-ring (bicyclic) bond motifs is 1. The second-order valence-electron chi connectivity index (χ2n) is 8.91. The molecule has 1 saturated carbocycles. The second-order valence-corrected chi connectivity index (χ2v) is 8.91. The predicted molar refractivity (Wildman–Crippen MR) is 127 cm³/mol. The molecule has 2 aliphatic heterocycles. The van der Waals surface area contributed by atoms with Crippen LogP contribution in [0.25, 0.3) is 6.08 Å². The lowest BCUT2D eigenvalue weighted by atomic mass is 9.87. The monoisotopic (exact) mass is 454 g/mol. The number of allylic oxidation sites excluding steroid dienone is 1. The third-order valence-electron chi connectivity index (χ3n) is 6.55. The molecule has 6 heteroatoms. The van der Waals surface area contributed by atoms with E-state index in [2.05, 4.69) is 19.1 Å². The molecule has 1 aromatic rings. The van der Waals surface area contributed by atoms with Gasteiger partial charge >= 0.3 is 5.97 Å². The minimum Gasteiger partial charge on any atom is -0.493 e. The zero-order valence-electron chi connectivity index (χ0n) is 19.6. The number of aliphatic carboxylic acids is 1. The molecule has 2 fully saturated rings. The SMILES string of the molecule is CCc1cc2c(cc1OCCCOC)OC(C1CCOC1)C(/C=C(\C=C1CCC1)C(=O)O)=C2. The van der Waals surface area contributed by atoms with Crippen LogP contribution in [0.5, 0.6) is 11.5 Å². The summed E-state index contributed by atoms with van der Waals surface area (Å²) in [6, 6.07) is 4.08. The van der Waals surface area contributed by atoms with Crippen molar-refractivity contribution in [1.82, 2.24) is 0 Å². The maximum absolute atomic E-state index is 12.0. The molecule has 4 rings (SSSR count). The lowest BCUT2D eigenvalue weighted by Crippen LogP contribution is -2.31. The van der Waals surface area contributed by atoms with E-state index in [4.69, 9.17) is 18.9 Å². The van der Waals surface area contributed by atoms with Crippen molar-refractivity contribution < 1.29 is 28.8 Å². The minimum absolute atomic E-state index is 0.184. The first-order valence-electron chi connectivity index (χ1n) is 12.0. The first-order valence-corrected chi connectivity index (χ1v) is 12.0. The number of rotatable bonds is 10. The number of carboxylic acid groups (broad SMARTS) is 1. The van der Waals surface area contributed by atoms with E-state index in [0.29, 0.717) is 32.0 Å². The molecule has 0 radical (unpaired) electrons. The van der Waals surface area contributed by atoms with E-state index in [9.17, 15) is 9.90 Å². The Kier molecular flexibility index (Phi) is 7.89. The molecule has 2 heterocycles. The quantitative estimate of drug-likeness (QED) is 0.398. The van der Waals surface area contributed by atoms with Crippen molar-refractivity contribution in [3.63, 3.8) is 0 Å². The zero-order valence-corrected chi connectivity index (χ0v) is 19.6. The van der Waals surface area contributed by atoms with Gasteiger partial charge in [-0.2, -0.15) is 0 Å². The van der Waals surface area contributed by atoms with E-state index in [1.54, 1.807) is 13.2 Å². The van der Waals surface area contributed by atoms with E-state index in [1.807, 2.05) is 12.1 Å². The van der Waals surface area contributed by atoms with Gasteiger partial charge in [-0.05, 0) is 67.5 Å². The molecule has 0 bridgehead atoms. The van der Waals surface area contributed by atoms with Gasteiger partial charge in [0.2, 0.25) is 0 Å². The molecule has 178 valence electrons. The number of methoxy groups -OCH3 is 1. The molecular formula is C27H34O6. The number of ether oxygens (including phenoxy) is 4. The number of hydrogen-bond acceptors (Lipinski definition) is 5. The van der Waals surface area contributed by atoms with Crippen LogP contribution in [-0.2, 0) is 20.7 Å². The summed E-state index contributed by atoms with van der Waals surface area (Å²) in [5, 5.41) is 9.83. The van der Waals surface area contributed by atoms with E-state index >= 15 is 0 Å². The zero-order chi connectivity index (χ0) is 23.2. The third-order valence-corrected chi connectivity index (χ3v) is 6.55. The summed E-state index contributed by atoms with van der Waals surface area (Å²) >= 11 is 0. The van der Waals surface area contributed by atoms with Gasteiger partial charge in [0, 0.05) is 44.3 Å². The summed E-state index contributed by atoms with van der Waals surface area (Å²) in [4.78, 5) is 12.0. The van der Waals surface area contributed by atoms with E-state index in [0.717, 1.165) is 66.7 Å². The fraction of sp³-hybridized carbons (Fsp3) is 0.519. The van der Waals surface area contributed by atoms with Crippen molar-refractivity contribution in [3.05, 3.63) is 52.1 Å². The summed E-state index contributed by atoms with van der Waals surface area (Å²) in [5.74, 6) is 0.889. The maximum Gasteiger partial charge on any atom is 0.335 e. The highest BCUT2D eigenvalue weighted by Gasteiger charge is 2.33. The topological polar surface area (TPSA) is 74.2 Å². The van der Waals surface area contributed by atoms with Gasteiger partial charge in [-0.3, -0.25) is 0 Å². The van der Waals surface area contributed by atoms with Gasteiger partial charge in [-0.1, -0.05) is 12.5 Å². The van der Waals surface area contributed by atoms with Crippen molar-refractivity contribution in [2.75, 3.05) is 33.5 Å². The number of benzene rings is 1. The molecule has 3 aliphatic rings. The first kappa shape index (κ1) is 23.6. The minimum atomic E-state index is -0.906. The van der Waals surface area contributed by atoms with Crippen molar-refractivity contribution in [1.29, 1.82) is 0 Å². The highest BCUT2D eigenvalue weighted by molar-refractivity contribution is 5.91. The molecule has 0 spiro atoms. The lowest BCUT2D eigenvalue weighted by molar-refractivity contribution is -0.132. The van der Waals surface area contributed by atoms with Crippen LogP contribution in [0.3, 0.4) is 0 Å². The van der Waals surface area contributed by atoms with Crippen molar-refractivity contribution in [2.24, 2.45) is 5.92 Å². The fourth-order valence-corrected chi connectivity index (χ4v) is 4.48. The molecule has 1 N–H and O–H groups in total. The highest BCUT2D eigenvalue weighted by Crippen LogP contribution is 2.40. The Morgan fingerprint density at radius 3 is 2.76 bits per heavy atom. The Morgan fingerprint density at radius 2 is 2.12 bits per heavy atom. The second kappa shape index (κ2) is 11.0. The maximum atomic E-state index is 12.0. The summed E-state index contributed by atoms with van der Waals surface area (Å²) in [7, 11) is 1.69. The largest absolute Gasteiger partial charge is 0.493 e. The molecule has 33 heavy (non-hydrogen) atoms. The third kappa shape index (κ3) is 5.68. The molecule has 1 aliphatic carbocycles. The van der Waals surface area contributed by atoms with Crippen LogP contribution in [0, 0.1) is 5.92 Å². The van der Waals surface area contributed by atoms with Gasteiger partial charge in [0.15, 0.2) is 0 Å². The molecule has 0 aromatic heterocycles. The van der Waals surface area contributed by atoms with Crippen LogP contribution in [0.4, 0.5) is 0 Å². The van der Waals surface area contributed by atoms with Crippen LogP contribution in [-0.4, -0.2) is 50.7 Å². The summed E-state index contributed by atoms with van der Waals surface area (Å²) < 4.78 is 23.3. The van der Waals surface area contributed by atoms with Gasteiger partial charge in [-0.15, -0.1) is 0 Å². The Morgan fingerprint density at radius 1 is 1.27 bits per heavy atom. The lowest BCUT2D eigenvalue weighted by Gasteiger charge is -2.31. The number of aryl methyl sites for hydroxylation is 1. The van der Waals surface area contributed by atoms with Crippen molar-refractivity contribution in [2.45, 2.75) is 51.6 Å². The van der Waals surface area contributed by atoms with E-state index in [1.165, 1.54) is 5.57 Å². The van der Waals surface area contributed by atoms with Gasteiger partial charge in [0.1, 0.15) is 17.6 Å². The van der Waals surface area contributed by atoms with Gasteiger partial charge < -0.3 is 24.1 Å². The Labute approximate surface area is 195 Å². The Hall–Kier alpha value is -2.57. The summed E-state index contributed by atoms with van der Waals surface area (Å²) in [6.07, 6.45) is 11.1. The van der Waals surface area contributed by atoms with Crippen LogP contribution in [0.15, 0.2) is 41.0 Å². The average molecular weight is 455 g/mol. The van der Waals surface area contributed by atoms with Crippen molar-refractivity contribution >= 4 is 12.0 Å². The average Bonchev–Trinajstić information content (AvgIpc) is 3.31. The van der Waals surface area contributed by atoms with Crippen LogP contribution >= 0.6 is 0 Å². The molecule has 2 unspecified atom stereocenters. The predicted octanol–water partition coefficient (Wildman–Crippen LogP) is 4.97. The number of hydrogen-bond donors (Lipinski definition) is 1. The number of carbonyl (C=O) groups is 1. The first-order chi connectivity index (χ1) is 16.1. The molecule has 2 atom stereocenters. The van der Waals surface area contributed by atoms with E-state index in [-0.39, 0.29) is 12.0 Å². The summed E-state index contributed by atoms with van der Waals surface area (Å²) in [6.45, 7) is 4.66. The van der Waals surface area contributed by atoms with Gasteiger partial charge in [-0.25, -0.2) is 4.79 Å². The normalized spacial score (nSPS) is 22.2. The van der Waals surface area contributed by atoms with Crippen molar-refractivity contribution in [3.8, 4) is 11.5 Å². The highest BCUT2D eigenvalue weighted by atomic mass is 16.5. The van der Waals surface area contributed by atoms with Crippen LogP contribution < -0.4 is 9.47 Å². The molecule has 6 nitrogen and oxygen atoms in total. The van der Waals surface area contributed by atoms with Crippen LogP contribution in [0.2, 0.25) is 0 Å².